The van der Waals surface area contributed by atoms with Crippen LogP contribution in [0.15, 0.2) is 18.3 Å². The number of anilines is 1. The van der Waals surface area contributed by atoms with Crippen molar-refractivity contribution in [3.05, 3.63) is 23.9 Å². The summed E-state index contributed by atoms with van der Waals surface area (Å²) in [6, 6.07) is 4.00. The van der Waals surface area contributed by atoms with Gasteiger partial charge in [-0.2, -0.15) is 0 Å². The van der Waals surface area contributed by atoms with Crippen molar-refractivity contribution in [3.63, 3.8) is 0 Å². The van der Waals surface area contributed by atoms with Crippen LogP contribution in [-0.4, -0.2) is 43.4 Å². The maximum absolute atomic E-state index is 11.6. The summed E-state index contributed by atoms with van der Waals surface area (Å²) in [5.74, 6) is 0.568. The van der Waals surface area contributed by atoms with Gasteiger partial charge in [0.2, 0.25) is 0 Å². The fourth-order valence-corrected chi connectivity index (χ4v) is 2.19. The van der Waals surface area contributed by atoms with Crippen molar-refractivity contribution in [2.24, 2.45) is 0 Å². The molecule has 1 aliphatic rings. The standard InChI is InChI=1S/C14H20N2O3/c1-3-12-10-18-8-7-16(12)13-6-5-11(9-15-13)14(17)19-4-2/h5-6,9,12H,3-4,7-8,10H2,1-2H3. The van der Waals surface area contributed by atoms with E-state index < -0.39 is 0 Å². The number of hydrogen-bond acceptors (Lipinski definition) is 5. The predicted molar refractivity (Wildman–Crippen MR) is 72.4 cm³/mol. The van der Waals surface area contributed by atoms with E-state index in [1.807, 2.05) is 6.07 Å². The monoisotopic (exact) mass is 264 g/mol. The van der Waals surface area contributed by atoms with Crippen LogP contribution in [0, 0.1) is 0 Å². The van der Waals surface area contributed by atoms with Crippen LogP contribution < -0.4 is 4.90 Å². The summed E-state index contributed by atoms with van der Waals surface area (Å²) in [5, 5.41) is 0. The van der Waals surface area contributed by atoms with E-state index in [0.29, 0.717) is 18.2 Å². The van der Waals surface area contributed by atoms with Gasteiger partial charge in [-0.05, 0) is 25.5 Å². The number of nitrogens with zero attached hydrogens (tertiary/aromatic N) is 2. The van der Waals surface area contributed by atoms with E-state index in [1.54, 1.807) is 19.2 Å². The SMILES string of the molecule is CCOC(=O)c1ccc(N2CCOCC2CC)nc1. The molecule has 1 aliphatic heterocycles. The van der Waals surface area contributed by atoms with Crippen molar-refractivity contribution in [2.75, 3.05) is 31.3 Å². The number of carbonyl (C=O) groups is 1. The molecule has 5 nitrogen and oxygen atoms in total. The van der Waals surface area contributed by atoms with Gasteiger partial charge in [0.05, 0.1) is 31.4 Å². The number of aromatic nitrogens is 1. The smallest absolute Gasteiger partial charge is 0.339 e. The van der Waals surface area contributed by atoms with Gasteiger partial charge in [0.25, 0.3) is 0 Å². The van der Waals surface area contributed by atoms with Crippen LogP contribution in [-0.2, 0) is 9.47 Å². The Morgan fingerprint density at radius 2 is 2.37 bits per heavy atom. The lowest BCUT2D eigenvalue weighted by Gasteiger charge is -2.36. The fraction of sp³-hybridized carbons (Fsp3) is 0.571. The average Bonchev–Trinajstić information content (AvgIpc) is 2.47. The molecule has 1 unspecified atom stereocenters. The van der Waals surface area contributed by atoms with Gasteiger partial charge in [0.1, 0.15) is 5.82 Å². The van der Waals surface area contributed by atoms with E-state index in [4.69, 9.17) is 9.47 Å². The molecule has 0 amide bonds. The Morgan fingerprint density at radius 1 is 1.53 bits per heavy atom. The Balaban J connectivity index is 2.10. The minimum absolute atomic E-state index is 0.324. The summed E-state index contributed by atoms with van der Waals surface area (Å²) >= 11 is 0. The molecule has 0 bridgehead atoms. The zero-order valence-electron chi connectivity index (χ0n) is 11.5. The molecule has 1 aromatic rings. The fourth-order valence-electron chi connectivity index (χ4n) is 2.19. The maximum atomic E-state index is 11.6. The van der Waals surface area contributed by atoms with Gasteiger partial charge < -0.3 is 14.4 Å². The first-order valence-corrected chi connectivity index (χ1v) is 6.73. The molecule has 1 atom stereocenters. The predicted octanol–water partition coefficient (Wildman–Crippen LogP) is 1.87. The third-order valence-electron chi connectivity index (χ3n) is 3.25. The van der Waals surface area contributed by atoms with Gasteiger partial charge in [-0.1, -0.05) is 6.92 Å². The number of carbonyl (C=O) groups excluding carboxylic acids is 1. The van der Waals surface area contributed by atoms with Crippen LogP contribution in [0.4, 0.5) is 5.82 Å². The third-order valence-corrected chi connectivity index (χ3v) is 3.25. The highest BCUT2D eigenvalue weighted by Crippen LogP contribution is 2.19. The number of esters is 1. The van der Waals surface area contributed by atoms with Crippen molar-refractivity contribution in [1.29, 1.82) is 0 Å². The van der Waals surface area contributed by atoms with Crippen LogP contribution in [0.3, 0.4) is 0 Å². The maximum Gasteiger partial charge on any atom is 0.339 e. The molecule has 0 spiro atoms. The van der Waals surface area contributed by atoms with E-state index in [1.165, 1.54) is 0 Å². The van der Waals surface area contributed by atoms with Gasteiger partial charge in [-0.3, -0.25) is 0 Å². The lowest BCUT2D eigenvalue weighted by atomic mass is 10.1. The highest BCUT2D eigenvalue weighted by atomic mass is 16.5. The minimum atomic E-state index is -0.324. The second kappa shape index (κ2) is 6.52. The number of hydrogen-bond donors (Lipinski definition) is 0. The molecule has 0 aliphatic carbocycles. The average molecular weight is 264 g/mol. The minimum Gasteiger partial charge on any atom is -0.462 e. The molecule has 0 radical (unpaired) electrons. The molecule has 2 rings (SSSR count). The first kappa shape index (κ1) is 13.8. The van der Waals surface area contributed by atoms with Gasteiger partial charge in [0, 0.05) is 12.7 Å². The van der Waals surface area contributed by atoms with Crippen molar-refractivity contribution < 1.29 is 14.3 Å². The lowest BCUT2D eigenvalue weighted by molar-refractivity contribution is 0.0526. The van der Waals surface area contributed by atoms with E-state index in [-0.39, 0.29) is 5.97 Å². The molecule has 1 aromatic heterocycles. The first-order valence-electron chi connectivity index (χ1n) is 6.73. The molecule has 104 valence electrons. The molecule has 0 saturated carbocycles. The Morgan fingerprint density at radius 3 is 3.00 bits per heavy atom. The molecule has 2 heterocycles. The van der Waals surface area contributed by atoms with Crippen molar-refractivity contribution in [2.45, 2.75) is 26.3 Å². The molecule has 5 heteroatoms. The molecular formula is C14H20N2O3. The van der Waals surface area contributed by atoms with Crippen molar-refractivity contribution in [1.82, 2.24) is 4.98 Å². The van der Waals surface area contributed by atoms with Gasteiger partial charge in [0.15, 0.2) is 0 Å². The van der Waals surface area contributed by atoms with Crippen molar-refractivity contribution in [3.8, 4) is 0 Å². The topological polar surface area (TPSA) is 51.7 Å². The Hall–Kier alpha value is -1.62. The summed E-state index contributed by atoms with van der Waals surface area (Å²) in [4.78, 5) is 18.2. The molecule has 1 fully saturated rings. The van der Waals surface area contributed by atoms with E-state index in [0.717, 1.165) is 32.0 Å². The van der Waals surface area contributed by atoms with Gasteiger partial charge in [-0.15, -0.1) is 0 Å². The van der Waals surface area contributed by atoms with Crippen LogP contribution in [0.2, 0.25) is 0 Å². The first-order chi connectivity index (χ1) is 9.26. The van der Waals surface area contributed by atoms with Crippen LogP contribution >= 0.6 is 0 Å². The van der Waals surface area contributed by atoms with Gasteiger partial charge in [-0.25, -0.2) is 9.78 Å². The van der Waals surface area contributed by atoms with Crippen LogP contribution in [0.1, 0.15) is 30.6 Å². The Kier molecular flexibility index (Phi) is 4.74. The van der Waals surface area contributed by atoms with E-state index in [2.05, 4.69) is 16.8 Å². The zero-order valence-corrected chi connectivity index (χ0v) is 11.5. The van der Waals surface area contributed by atoms with Crippen LogP contribution in [0.25, 0.3) is 0 Å². The second-order valence-electron chi connectivity index (χ2n) is 4.46. The third kappa shape index (κ3) is 3.23. The highest BCUT2D eigenvalue weighted by Gasteiger charge is 2.22. The van der Waals surface area contributed by atoms with Gasteiger partial charge >= 0.3 is 5.97 Å². The Bertz CT molecular complexity index is 419. The molecule has 19 heavy (non-hydrogen) atoms. The number of pyridine rings is 1. The number of morpholine rings is 1. The second-order valence-corrected chi connectivity index (χ2v) is 4.46. The normalized spacial score (nSPS) is 19.3. The van der Waals surface area contributed by atoms with E-state index in [9.17, 15) is 4.79 Å². The number of ether oxygens (including phenoxy) is 2. The summed E-state index contributed by atoms with van der Waals surface area (Å²) in [5.41, 5.74) is 0.493. The lowest BCUT2D eigenvalue weighted by Crippen LogP contribution is -2.45. The summed E-state index contributed by atoms with van der Waals surface area (Å²) < 4.78 is 10.4. The van der Waals surface area contributed by atoms with Crippen LogP contribution in [0.5, 0.6) is 0 Å². The zero-order chi connectivity index (χ0) is 13.7. The van der Waals surface area contributed by atoms with Crippen molar-refractivity contribution >= 4 is 11.8 Å². The summed E-state index contributed by atoms with van der Waals surface area (Å²) in [6.45, 7) is 6.60. The van der Waals surface area contributed by atoms with E-state index >= 15 is 0 Å². The highest BCUT2D eigenvalue weighted by molar-refractivity contribution is 5.89. The molecule has 0 N–H and O–H groups in total. The Labute approximate surface area is 113 Å². The molecule has 0 aromatic carbocycles. The quantitative estimate of drug-likeness (QED) is 0.777. The molecular weight excluding hydrogens is 244 g/mol. The molecule has 1 saturated heterocycles. The summed E-state index contributed by atoms with van der Waals surface area (Å²) in [6.07, 6.45) is 2.59. The largest absolute Gasteiger partial charge is 0.462 e. The summed E-state index contributed by atoms with van der Waals surface area (Å²) in [7, 11) is 0. The number of rotatable bonds is 4.